The highest BCUT2D eigenvalue weighted by Crippen LogP contribution is 2.18. The van der Waals surface area contributed by atoms with Crippen molar-refractivity contribution in [2.45, 2.75) is 405 Å². The van der Waals surface area contributed by atoms with E-state index in [4.69, 9.17) is 4.74 Å². The van der Waals surface area contributed by atoms with E-state index in [1.165, 1.54) is 308 Å². The van der Waals surface area contributed by atoms with E-state index < -0.39 is 12.1 Å². The van der Waals surface area contributed by atoms with E-state index in [0.29, 0.717) is 19.4 Å². The first-order chi connectivity index (χ1) is 41.0. The molecular formula is C77H143NO5. The number of carbonyl (C=O) groups is 2. The normalized spacial score (nSPS) is 12.9. The highest BCUT2D eigenvalue weighted by Gasteiger charge is 2.18. The Kier molecular flexibility index (Phi) is 69.9. The minimum Gasteiger partial charge on any atom is -0.466 e. The van der Waals surface area contributed by atoms with Gasteiger partial charge in [0.15, 0.2) is 0 Å². The largest absolute Gasteiger partial charge is 0.466 e. The fraction of sp³-hybridized carbons (Fsp3) is 0.844. The Morgan fingerprint density at radius 2 is 0.627 bits per heavy atom. The van der Waals surface area contributed by atoms with E-state index in [0.717, 1.165) is 57.8 Å². The summed E-state index contributed by atoms with van der Waals surface area (Å²) < 4.78 is 5.47. The van der Waals surface area contributed by atoms with Gasteiger partial charge in [-0.25, -0.2) is 0 Å². The summed E-state index contributed by atoms with van der Waals surface area (Å²) in [5.74, 6) is -0.0620. The first-order valence-electron chi connectivity index (χ1n) is 37.1. The number of amides is 1. The van der Waals surface area contributed by atoms with Crippen LogP contribution in [0.2, 0.25) is 0 Å². The van der Waals surface area contributed by atoms with Crippen LogP contribution in [0.1, 0.15) is 393 Å². The molecule has 3 N–H and O–H groups in total. The molecule has 0 aromatic carbocycles. The minimum absolute atomic E-state index is 0.00101. The number of ether oxygens (including phenoxy) is 1. The number of carbonyl (C=O) groups excluding carboxylic acids is 2. The third-order valence-electron chi connectivity index (χ3n) is 17.0. The lowest BCUT2D eigenvalue weighted by Crippen LogP contribution is -2.45. The molecule has 0 aliphatic carbocycles. The van der Waals surface area contributed by atoms with Gasteiger partial charge in [-0.2, -0.15) is 0 Å². The molecule has 0 bridgehead atoms. The predicted octanol–water partition coefficient (Wildman–Crippen LogP) is 24.2. The molecule has 0 heterocycles. The van der Waals surface area contributed by atoms with Crippen LogP contribution in [-0.4, -0.2) is 47.4 Å². The Morgan fingerprint density at radius 3 is 0.964 bits per heavy atom. The van der Waals surface area contributed by atoms with Crippen molar-refractivity contribution in [1.82, 2.24) is 5.32 Å². The second-order valence-corrected chi connectivity index (χ2v) is 25.3. The maximum atomic E-state index is 12.5. The average Bonchev–Trinajstić information content (AvgIpc) is 3.49. The maximum Gasteiger partial charge on any atom is 0.305 e. The molecule has 2 atom stereocenters. The second kappa shape index (κ2) is 72.0. The summed E-state index contributed by atoms with van der Waals surface area (Å²) in [6, 6.07) is -0.627. The van der Waals surface area contributed by atoms with Gasteiger partial charge in [0, 0.05) is 12.8 Å². The Hall–Kier alpha value is -2.44. The zero-order valence-electron chi connectivity index (χ0n) is 55.7. The van der Waals surface area contributed by atoms with Crippen LogP contribution < -0.4 is 5.32 Å². The van der Waals surface area contributed by atoms with E-state index in [2.05, 4.69) is 67.8 Å². The molecule has 0 aliphatic rings. The van der Waals surface area contributed by atoms with E-state index in [1.54, 1.807) is 6.08 Å². The molecule has 1 amide bonds. The molecule has 0 aliphatic heterocycles. The third-order valence-corrected chi connectivity index (χ3v) is 17.0. The van der Waals surface area contributed by atoms with Gasteiger partial charge >= 0.3 is 5.97 Å². The van der Waals surface area contributed by atoms with E-state index in [9.17, 15) is 19.8 Å². The summed E-state index contributed by atoms with van der Waals surface area (Å²) in [6.45, 7) is 4.86. The molecule has 6 nitrogen and oxygen atoms in total. The molecule has 0 rings (SSSR count). The molecule has 2 unspecified atom stereocenters. The van der Waals surface area contributed by atoms with Gasteiger partial charge in [0.2, 0.25) is 5.91 Å². The fourth-order valence-corrected chi connectivity index (χ4v) is 11.4. The summed E-state index contributed by atoms with van der Waals surface area (Å²) in [5, 5.41) is 23.2. The Morgan fingerprint density at radius 1 is 0.337 bits per heavy atom. The number of aliphatic hydroxyl groups excluding tert-OH is 2. The number of unbranched alkanes of at least 4 members (excludes halogenated alkanes) is 50. The Bertz CT molecular complexity index is 1430. The lowest BCUT2D eigenvalue weighted by Gasteiger charge is -2.20. The van der Waals surface area contributed by atoms with Crippen LogP contribution >= 0.6 is 0 Å². The first kappa shape index (κ1) is 80.6. The molecule has 486 valence electrons. The maximum absolute atomic E-state index is 12.5. The van der Waals surface area contributed by atoms with E-state index in [-0.39, 0.29) is 18.5 Å². The molecule has 0 saturated heterocycles. The van der Waals surface area contributed by atoms with Crippen LogP contribution in [0, 0.1) is 0 Å². The standard InChI is InChI=1S/C77H143NO5/c1-3-5-7-9-11-13-15-17-18-19-39-42-46-49-53-57-61-65-69-75(80)74(73-79)78-76(81)70-66-62-58-54-50-47-43-40-37-35-33-31-29-27-25-23-21-20-22-24-26-28-30-32-34-36-38-41-44-48-52-56-60-64-68-72-83-77(82)71-67-63-59-55-51-45-16-14-12-10-8-6-4-2/h8,10,14,16,22,24,28,30,65,69,74-75,79-80H,3-7,9,11-13,15,17-21,23,25-27,29,31-64,66-68,70-73H2,1-2H3,(H,78,81)/b10-8-,16-14-,24-22-,30-28-,69-65+. The van der Waals surface area contributed by atoms with Crippen molar-refractivity contribution in [3.8, 4) is 0 Å². The lowest BCUT2D eigenvalue weighted by atomic mass is 10.0. The van der Waals surface area contributed by atoms with Gasteiger partial charge in [0.05, 0.1) is 25.4 Å². The van der Waals surface area contributed by atoms with Crippen molar-refractivity contribution in [3.05, 3.63) is 60.8 Å². The molecule has 6 heteroatoms. The van der Waals surface area contributed by atoms with Crippen molar-refractivity contribution >= 4 is 11.9 Å². The minimum atomic E-state index is -0.844. The van der Waals surface area contributed by atoms with Crippen molar-refractivity contribution in [3.63, 3.8) is 0 Å². The van der Waals surface area contributed by atoms with Gasteiger partial charge in [-0.3, -0.25) is 9.59 Å². The number of hydrogen-bond donors (Lipinski definition) is 3. The van der Waals surface area contributed by atoms with Gasteiger partial charge in [-0.1, -0.05) is 351 Å². The average molecular weight is 1160 g/mol. The van der Waals surface area contributed by atoms with Crippen molar-refractivity contribution in [2.24, 2.45) is 0 Å². The number of hydrogen-bond acceptors (Lipinski definition) is 5. The van der Waals surface area contributed by atoms with Gasteiger partial charge in [-0.05, 0) is 89.9 Å². The molecule has 0 saturated carbocycles. The first-order valence-corrected chi connectivity index (χ1v) is 37.1. The van der Waals surface area contributed by atoms with Crippen LogP contribution in [0.5, 0.6) is 0 Å². The lowest BCUT2D eigenvalue weighted by molar-refractivity contribution is -0.143. The van der Waals surface area contributed by atoms with Crippen molar-refractivity contribution in [1.29, 1.82) is 0 Å². The number of rotatable bonds is 69. The fourth-order valence-electron chi connectivity index (χ4n) is 11.4. The van der Waals surface area contributed by atoms with E-state index in [1.807, 2.05) is 6.08 Å². The molecule has 0 aromatic rings. The molecule has 0 fully saturated rings. The van der Waals surface area contributed by atoms with E-state index >= 15 is 0 Å². The zero-order valence-corrected chi connectivity index (χ0v) is 55.7. The van der Waals surface area contributed by atoms with Gasteiger partial charge < -0.3 is 20.3 Å². The summed E-state index contributed by atoms with van der Waals surface area (Å²) in [4.78, 5) is 24.6. The SMILES string of the molecule is CCC/C=C\C/C=C\CCCCCCCC(=O)OCCCCCCCCCCCCC/C=C\C/C=C\CCCCCCCCCCCCCCCCCCCC(=O)NC(CO)C(O)/C=C/CCCCCCCCCCCCCCCCCC. The quantitative estimate of drug-likeness (QED) is 0.0320. The second-order valence-electron chi connectivity index (χ2n) is 25.3. The van der Waals surface area contributed by atoms with Crippen LogP contribution in [0.3, 0.4) is 0 Å². The van der Waals surface area contributed by atoms with Crippen molar-refractivity contribution < 1.29 is 24.5 Å². The number of nitrogens with one attached hydrogen (secondary N) is 1. The Labute approximate surface area is 518 Å². The van der Waals surface area contributed by atoms with Crippen LogP contribution in [0.25, 0.3) is 0 Å². The molecular weight excluding hydrogens is 1020 g/mol. The number of esters is 1. The monoisotopic (exact) mass is 1160 g/mol. The van der Waals surface area contributed by atoms with Gasteiger partial charge in [0.1, 0.15) is 0 Å². The molecule has 0 spiro atoms. The summed E-state index contributed by atoms with van der Waals surface area (Å²) in [7, 11) is 0. The molecule has 0 radical (unpaired) electrons. The number of allylic oxidation sites excluding steroid dienone is 9. The zero-order chi connectivity index (χ0) is 59.9. The van der Waals surface area contributed by atoms with Crippen LogP contribution in [0.15, 0.2) is 60.8 Å². The summed E-state index contributed by atoms with van der Waals surface area (Å²) in [6.07, 6.45) is 96.1. The van der Waals surface area contributed by atoms with Crippen LogP contribution in [0.4, 0.5) is 0 Å². The molecule has 0 aromatic heterocycles. The summed E-state index contributed by atoms with van der Waals surface area (Å²) in [5.41, 5.74) is 0. The van der Waals surface area contributed by atoms with Crippen molar-refractivity contribution in [2.75, 3.05) is 13.2 Å². The topological polar surface area (TPSA) is 95.9 Å². The third kappa shape index (κ3) is 68.5. The highest BCUT2D eigenvalue weighted by molar-refractivity contribution is 5.76. The van der Waals surface area contributed by atoms with Crippen LogP contribution in [-0.2, 0) is 14.3 Å². The smallest absolute Gasteiger partial charge is 0.305 e. The Balaban J connectivity index is 3.40. The molecule has 83 heavy (non-hydrogen) atoms. The summed E-state index contributed by atoms with van der Waals surface area (Å²) >= 11 is 0. The predicted molar refractivity (Wildman–Crippen MR) is 365 cm³/mol. The van der Waals surface area contributed by atoms with Gasteiger partial charge in [0.25, 0.3) is 0 Å². The van der Waals surface area contributed by atoms with Gasteiger partial charge in [-0.15, -0.1) is 0 Å². The highest BCUT2D eigenvalue weighted by atomic mass is 16.5. The number of aliphatic hydroxyl groups is 2.